The second-order valence-electron chi connectivity index (χ2n) is 6.22. The molecule has 1 rings (SSSR count). The average molecular weight is 286 g/mol. The first kappa shape index (κ1) is 16.5. The summed E-state index contributed by atoms with van der Waals surface area (Å²) in [4.78, 5) is 0. The molecule has 0 aliphatic rings. The SMILES string of the molecule is CC(C)NCC(C)(Cc1c(F)cccc1Cl)C(C)C. The molecule has 0 heterocycles. The van der Waals surface area contributed by atoms with E-state index in [-0.39, 0.29) is 11.2 Å². The molecule has 0 amide bonds. The van der Waals surface area contributed by atoms with Gasteiger partial charge in [0, 0.05) is 23.2 Å². The lowest BCUT2D eigenvalue weighted by Crippen LogP contribution is -2.40. The van der Waals surface area contributed by atoms with Gasteiger partial charge in [-0.15, -0.1) is 0 Å². The Balaban J connectivity index is 2.95. The van der Waals surface area contributed by atoms with Crippen molar-refractivity contribution in [3.05, 3.63) is 34.6 Å². The highest BCUT2D eigenvalue weighted by Crippen LogP contribution is 2.34. The minimum atomic E-state index is -0.205. The van der Waals surface area contributed by atoms with E-state index in [1.807, 2.05) is 0 Å². The van der Waals surface area contributed by atoms with Crippen LogP contribution in [0, 0.1) is 17.2 Å². The molecule has 108 valence electrons. The number of hydrogen-bond donors (Lipinski definition) is 1. The Kier molecular flexibility index (Phi) is 5.82. The monoisotopic (exact) mass is 285 g/mol. The molecule has 1 aromatic carbocycles. The van der Waals surface area contributed by atoms with Crippen molar-refractivity contribution in [2.45, 2.75) is 47.1 Å². The Bertz CT molecular complexity index is 397. The highest BCUT2D eigenvalue weighted by molar-refractivity contribution is 6.31. The van der Waals surface area contributed by atoms with Crippen molar-refractivity contribution in [1.29, 1.82) is 0 Å². The molecule has 0 saturated heterocycles. The van der Waals surface area contributed by atoms with Crippen LogP contribution in [-0.2, 0) is 6.42 Å². The van der Waals surface area contributed by atoms with E-state index in [1.54, 1.807) is 12.1 Å². The maximum Gasteiger partial charge on any atom is 0.127 e. The molecule has 19 heavy (non-hydrogen) atoms. The van der Waals surface area contributed by atoms with E-state index >= 15 is 0 Å². The molecule has 0 saturated carbocycles. The first-order valence-electron chi connectivity index (χ1n) is 6.92. The van der Waals surface area contributed by atoms with E-state index in [0.717, 1.165) is 6.54 Å². The molecule has 0 aliphatic carbocycles. The van der Waals surface area contributed by atoms with Crippen LogP contribution in [0.2, 0.25) is 5.02 Å². The van der Waals surface area contributed by atoms with Gasteiger partial charge in [0.1, 0.15) is 5.82 Å². The lowest BCUT2D eigenvalue weighted by molar-refractivity contribution is 0.200. The van der Waals surface area contributed by atoms with Gasteiger partial charge in [0.25, 0.3) is 0 Å². The van der Waals surface area contributed by atoms with Crippen LogP contribution in [0.1, 0.15) is 40.2 Å². The van der Waals surface area contributed by atoms with Crippen LogP contribution < -0.4 is 5.32 Å². The van der Waals surface area contributed by atoms with Gasteiger partial charge in [-0.3, -0.25) is 0 Å². The molecule has 1 nitrogen and oxygen atoms in total. The summed E-state index contributed by atoms with van der Waals surface area (Å²) in [5, 5.41) is 3.99. The third-order valence-electron chi connectivity index (χ3n) is 3.95. The zero-order valence-electron chi connectivity index (χ0n) is 12.6. The fourth-order valence-corrected chi connectivity index (χ4v) is 2.24. The maximum atomic E-state index is 13.9. The molecule has 0 aliphatic heterocycles. The van der Waals surface area contributed by atoms with Crippen molar-refractivity contribution >= 4 is 11.6 Å². The number of rotatable bonds is 6. The summed E-state index contributed by atoms with van der Waals surface area (Å²) in [6.45, 7) is 11.6. The first-order valence-corrected chi connectivity index (χ1v) is 7.30. The van der Waals surface area contributed by atoms with Gasteiger partial charge in [0.15, 0.2) is 0 Å². The zero-order valence-corrected chi connectivity index (χ0v) is 13.3. The second-order valence-corrected chi connectivity index (χ2v) is 6.63. The van der Waals surface area contributed by atoms with Crippen LogP contribution in [-0.4, -0.2) is 12.6 Å². The highest BCUT2D eigenvalue weighted by atomic mass is 35.5. The Labute approximate surface area is 121 Å². The molecule has 1 atom stereocenters. The molecule has 0 radical (unpaired) electrons. The van der Waals surface area contributed by atoms with E-state index in [0.29, 0.717) is 29.0 Å². The lowest BCUT2D eigenvalue weighted by Gasteiger charge is -2.35. The minimum absolute atomic E-state index is 0.0178. The van der Waals surface area contributed by atoms with Crippen molar-refractivity contribution in [3.63, 3.8) is 0 Å². The van der Waals surface area contributed by atoms with Crippen LogP contribution >= 0.6 is 11.6 Å². The zero-order chi connectivity index (χ0) is 14.6. The predicted molar refractivity (Wildman–Crippen MR) is 81.2 cm³/mol. The smallest absolute Gasteiger partial charge is 0.127 e. The van der Waals surface area contributed by atoms with Crippen molar-refractivity contribution in [1.82, 2.24) is 5.32 Å². The van der Waals surface area contributed by atoms with E-state index in [9.17, 15) is 4.39 Å². The molecule has 3 heteroatoms. The number of nitrogens with one attached hydrogen (secondary N) is 1. The highest BCUT2D eigenvalue weighted by Gasteiger charge is 2.30. The quantitative estimate of drug-likeness (QED) is 0.800. The Morgan fingerprint density at radius 1 is 1.26 bits per heavy atom. The van der Waals surface area contributed by atoms with Crippen molar-refractivity contribution in [2.24, 2.45) is 11.3 Å². The summed E-state index contributed by atoms with van der Waals surface area (Å²) in [5.74, 6) is 0.235. The van der Waals surface area contributed by atoms with E-state index in [1.165, 1.54) is 6.07 Å². The van der Waals surface area contributed by atoms with E-state index in [2.05, 4.69) is 39.9 Å². The maximum absolute atomic E-state index is 13.9. The van der Waals surface area contributed by atoms with Crippen molar-refractivity contribution < 1.29 is 4.39 Å². The van der Waals surface area contributed by atoms with E-state index < -0.39 is 0 Å². The third-order valence-corrected chi connectivity index (χ3v) is 4.30. The van der Waals surface area contributed by atoms with Crippen LogP contribution in [0.5, 0.6) is 0 Å². The largest absolute Gasteiger partial charge is 0.314 e. The summed E-state index contributed by atoms with van der Waals surface area (Å²) in [7, 11) is 0. The molecule has 1 unspecified atom stereocenters. The van der Waals surface area contributed by atoms with Gasteiger partial charge in [0.05, 0.1) is 0 Å². The normalized spacial score (nSPS) is 15.0. The van der Waals surface area contributed by atoms with Crippen LogP contribution in [0.4, 0.5) is 4.39 Å². The van der Waals surface area contributed by atoms with Gasteiger partial charge in [0.2, 0.25) is 0 Å². The number of hydrogen-bond acceptors (Lipinski definition) is 1. The van der Waals surface area contributed by atoms with Gasteiger partial charge < -0.3 is 5.32 Å². The van der Waals surface area contributed by atoms with Crippen molar-refractivity contribution in [2.75, 3.05) is 6.54 Å². The Morgan fingerprint density at radius 2 is 1.89 bits per heavy atom. The molecule has 1 N–H and O–H groups in total. The Morgan fingerprint density at radius 3 is 2.37 bits per heavy atom. The molecule has 0 spiro atoms. The van der Waals surface area contributed by atoms with Gasteiger partial charge in [-0.25, -0.2) is 4.39 Å². The second kappa shape index (κ2) is 6.71. The third kappa shape index (κ3) is 4.47. The minimum Gasteiger partial charge on any atom is -0.314 e. The fourth-order valence-electron chi connectivity index (χ4n) is 2.01. The number of benzene rings is 1. The molecule has 1 aromatic rings. The van der Waals surface area contributed by atoms with Crippen LogP contribution in [0.3, 0.4) is 0 Å². The standard InChI is InChI=1S/C16H25ClFN/c1-11(2)16(5,10-19-12(3)4)9-13-14(17)7-6-8-15(13)18/h6-8,11-12,19H,9-10H2,1-5H3. The predicted octanol–water partition coefficient (Wildman–Crippen LogP) is 4.68. The van der Waals surface area contributed by atoms with Gasteiger partial charge in [-0.05, 0) is 29.9 Å². The topological polar surface area (TPSA) is 12.0 Å². The number of halogens is 2. The van der Waals surface area contributed by atoms with Gasteiger partial charge >= 0.3 is 0 Å². The average Bonchev–Trinajstić information content (AvgIpc) is 2.31. The summed E-state index contributed by atoms with van der Waals surface area (Å²) < 4.78 is 13.9. The molecule has 0 bridgehead atoms. The van der Waals surface area contributed by atoms with Crippen LogP contribution in [0.15, 0.2) is 18.2 Å². The van der Waals surface area contributed by atoms with E-state index in [4.69, 9.17) is 11.6 Å². The molecular weight excluding hydrogens is 261 g/mol. The molecule has 0 aromatic heterocycles. The van der Waals surface area contributed by atoms with Gasteiger partial charge in [-0.1, -0.05) is 52.3 Å². The summed E-state index contributed by atoms with van der Waals surface area (Å²) in [5.41, 5.74) is 0.613. The van der Waals surface area contributed by atoms with Crippen LogP contribution in [0.25, 0.3) is 0 Å². The fraction of sp³-hybridized carbons (Fsp3) is 0.625. The van der Waals surface area contributed by atoms with Crippen molar-refractivity contribution in [3.8, 4) is 0 Å². The summed E-state index contributed by atoms with van der Waals surface area (Å²) >= 11 is 6.14. The van der Waals surface area contributed by atoms with Gasteiger partial charge in [-0.2, -0.15) is 0 Å². The summed E-state index contributed by atoms with van der Waals surface area (Å²) in [6.07, 6.45) is 0.649. The molecule has 0 fully saturated rings. The summed E-state index contributed by atoms with van der Waals surface area (Å²) in [6, 6.07) is 5.32. The molecular formula is C16H25ClFN. The Hall–Kier alpha value is -0.600. The first-order chi connectivity index (χ1) is 8.76. The lowest BCUT2D eigenvalue weighted by atomic mass is 9.74.